The van der Waals surface area contributed by atoms with Crippen molar-refractivity contribution in [1.29, 1.82) is 0 Å². The second-order valence-corrected chi connectivity index (χ2v) is 5.97. The molecule has 17 heavy (non-hydrogen) atoms. The minimum Gasteiger partial charge on any atom is -0.312 e. The highest BCUT2D eigenvalue weighted by Crippen LogP contribution is 2.12. The first-order chi connectivity index (χ1) is 7.88. The summed E-state index contributed by atoms with van der Waals surface area (Å²) in [6, 6.07) is 0. The molecule has 1 aromatic heterocycles. The Morgan fingerprint density at radius 2 is 2.00 bits per heavy atom. The first-order valence-electron chi connectivity index (χ1n) is 6.33. The number of aromatic nitrogens is 2. The number of rotatable bonds is 6. The van der Waals surface area contributed by atoms with Crippen molar-refractivity contribution in [3.05, 3.63) is 16.9 Å². The Labute approximate surface area is 110 Å². The van der Waals surface area contributed by atoms with Crippen LogP contribution in [0.5, 0.6) is 0 Å². The maximum atomic E-state index is 5.95. The maximum Gasteiger partial charge on any atom is 0.0814 e. The van der Waals surface area contributed by atoms with Crippen LogP contribution in [0.15, 0.2) is 6.20 Å². The standard InChI is InChI=1S/C13H24ClN3/c1-11-12(14)10-17(16-11)9-7-5-6-8-15-13(2,3)4/h10,15H,5-9H2,1-4H3. The number of unbranched alkanes of at least 4 members (excludes halogenated alkanes) is 2. The van der Waals surface area contributed by atoms with Crippen LogP contribution in [0.2, 0.25) is 5.02 Å². The minimum atomic E-state index is 0.229. The molecule has 0 spiro atoms. The first kappa shape index (κ1) is 14.5. The van der Waals surface area contributed by atoms with Crippen molar-refractivity contribution < 1.29 is 0 Å². The van der Waals surface area contributed by atoms with E-state index < -0.39 is 0 Å². The summed E-state index contributed by atoms with van der Waals surface area (Å²) in [5, 5.41) is 8.59. The van der Waals surface area contributed by atoms with E-state index in [1.165, 1.54) is 12.8 Å². The van der Waals surface area contributed by atoms with Gasteiger partial charge >= 0.3 is 0 Å². The van der Waals surface area contributed by atoms with E-state index in [4.69, 9.17) is 11.6 Å². The molecule has 1 rings (SSSR count). The highest BCUT2D eigenvalue weighted by molar-refractivity contribution is 6.31. The van der Waals surface area contributed by atoms with Crippen LogP contribution >= 0.6 is 11.6 Å². The Hall–Kier alpha value is -0.540. The predicted molar refractivity (Wildman–Crippen MR) is 73.6 cm³/mol. The van der Waals surface area contributed by atoms with Crippen molar-refractivity contribution in [2.75, 3.05) is 6.54 Å². The molecule has 1 heterocycles. The molecule has 0 aliphatic carbocycles. The molecule has 0 saturated carbocycles. The van der Waals surface area contributed by atoms with Gasteiger partial charge in [0.1, 0.15) is 0 Å². The quantitative estimate of drug-likeness (QED) is 0.792. The van der Waals surface area contributed by atoms with Gasteiger partial charge < -0.3 is 5.32 Å². The lowest BCUT2D eigenvalue weighted by Crippen LogP contribution is -2.36. The van der Waals surface area contributed by atoms with Gasteiger partial charge in [-0.2, -0.15) is 5.10 Å². The van der Waals surface area contributed by atoms with Crippen molar-refractivity contribution >= 4 is 11.6 Å². The zero-order valence-electron chi connectivity index (χ0n) is 11.4. The second-order valence-electron chi connectivity index (χ2n) is 5.56. The smallest absolute Gasteiger partial charge is 0.0814 e. The van der Waals surface area contributed by atoms with E-state index in [2.05, 4.69) is 31.2 Å². The van der Waals surface area contributed by atoms with Crippen LogP contribution in [0.1, 0.15) is 45.7 Å². The van der Waals surface area contributed by atoms with E-state index in [1.807, 2.05) is 17.8 Å². The topological polar surface area (TPSA) is 29.9 Å². The van der Waals surface area contributed by atoms with Crippen LogP contribution in [-0.4, -0.2) is 21.9 Å². The van der Waals surface area contributed by atoms with Crippen molar-refractivity contribution in [3.63, 3.8) is 0 Å². The molecular weight excluding hydrogens is 234 g/mol. The number of hydrogen-bond donors (Lipinski definition) is 1. The largest absolute Gasteiger partial charge is 0.312 e. The van der Waals surface area contributed by atoms with E-state index in [1.54, 1.807) is 0 Å². The van der Waals surface area contributed by atoms with Crippen LogP contribution in [0.3, 0.4) is 0 Å². The van der Waals surface area contributed by atoms with Gasteiger partial charge in [-0.3, -0.25) is 4.68 Å². The molecule has 98 valence electrons. The van der Waals surface area contributed by atoms with Gasteiger partial charge in [0.25, 0.3) is 0 Å². The predicted octanol–water partition coefficient (Wildman–Crippen LogP) is 3.40. The molecule has 3 nitrogen and oxygen atoms in total. The lowest BCUT2D eigenvalue weighted by Gasteiger charge is -2.20. The molecule has 0 aromatic carbocycles. The zero-order chi connectivity index (χ0) is 12.9. The van der Waals surface area contributed by atoms with Crippen molar-refractivity contribution in [2.45, 2.75) is 59.0 Å². The lowest BCUT2D eigenvalue weighted by molar-refractivity contribution is 0.413. The zero-order valence-corrected chi connectivity index (χ0v) is 12.1. The van der Waals surface area contributed by atoms with Crippen molar-refractivity contribution in [2.24, 2.45) is 0 Å². The van der Waals surface area contributed by atoms with E-state index in [9.17, 15) is 0 Å². The number of halogens is 1. The van der Waals surface area contributed by atoms with Gasteiger partial charge in [-0.05, 0) is 47.1 Å². The summed E-state index contributed by atoms with van der Waals surface area (Å²) < 4.78 is 1.94. The van der Waals surface area contributed by atoms with E-state index >= 15 is 0 Å². The van der Waals surface area contributed by atoms with Gasteiger partial charge in [0, 0.05) is 18.3 Å². The third kappa shape index (κ3) is 6.08. The van der Waals surface area contributed by atoms with E-state index in [-0.39, 0.29) is 5.54 Å². The van der Waals surface area contributed by atoms with Crippen molar-refractivity contribution in [3.8, 4) is 0 Å². The van der Waals surface area contributed by atoms with Crippen LogP contribution < -0.4 is 5.32 Å². The summed E-state index contributed by atoms with van der Waals surface area (Å²) in [5.74, 6) is 0. The fraction of sp³-hybridized carbons (Fsp3) is 0.769. The highest BCUT2D eigenvalue weighted by atomic mass is 35.5. The minimum absolute atomic E-state index is 0.229. The van der Waals surface area contributed by atoms with Crippen LogP contribution in [0.4, 0.5) is 0 Å². The molecule has 0 fully saturated rings. The fourth-order valence-electron chi connectivity index (χ4n) is 1.65. The third-order valence-corrected chi connectivity index (χ3v) is 2.98. The van der Waals surface area contributed by atoms with Gasteiger partial charge in [-0.25, -0.2) is 0 Å². The average Bonchev–Trinajstić information content (AvgIpc) is 2.50. The Kier molecular flexibility index (Phi) is 5.47. The summed E-state index contributed by atoms with van der Waals surface area (Å²) in [5.41, 5.74) is 1.15. The highest BCUT2D eigenvalue weighted by Gasteiger charge is 2.07. The Morgan fingerprint density at radius 3 is 2.53 bits per heavy atom. The Morgan fingerprint density at radius 1 is 1.29 bits per heavy atom. The van der Waals surface area contributed by atoms with Gasteiger partial charge in [-0.15, -0.1) is 0 Å². The molecule has 0 bridgehead atoms. The van der Waals surface area contributed by atoms with Crippen LogP contribution in [0.25, 0.3) is 0 Å². The average molecular weight is 258 g/mol. The van der Waals surface area contributed by atoms with Gasteiger partial charge in [0.2, 0.25) is 0 Å². The van der Waals surface area contributed by atoms with Crippen LogP contribution in [-0.2, 0) is 6.54 Å². The summed E-state index contributed by atoms with van der Waals surface area (Å²) in [6.45, 7) is 10.6. The lowest BCUT2D eigenvalue weighted by atomic mass is 10.1. The Bertz CT molecular complexity index is 319. The van der Waals surface area contributed by atoms with Crippen molar-refractivity contribution in [1.82, 2.24) is 15.1 Å². The summed E-state index contributed by atoms with van der Waals surface area (Å²) in [6.07, 6.45) is 5.50. The molecular formula is C13H24ClN3. The molecule has 1 aromatic rings. The molecule has 4 heteroatoms. The maximum absolute atomic E-state index is 5.95. The SMILES string of the molecule is Cc1nn(CCCCCNC(C)(C)C)cc1Cl. The summed E-state index contributed by atoms with van der Waals surface area (Å²) in [7, 11) is 0. The Balaban J connectivity index is 2.09. The number of hydrogen-bond acceptors (Lipinski definition) is 2. The summed E-state index contributed by atoms with van der Waals surface area (Å²) >= 11 is 5.95. The molecule has 0 saturated heterocycles. The van der Waals surface area contributed by atoms with E-state index in [0.29, 0.717) is 0 Å². The number of nitrogens with one attached hydrogen (secondary N) is 1. The molecule has 0 unspecified atom stereocenters. The third-order valence-electron chi connectivity index (χ3n) is 2.61. The fourth-order valence-corrected chi connectivity index (χ4v) is 1.80. The number of aryl methyl sites for hydroxylation is 2. The van der Waals surface area contributed by atoms with Gasteiger partial charge in [-0.1, -0.05) is 18.0 Å². The van der Waals surface area contributed by atoms with E-state index in [0.717, 1.165) is 30.2 Å². The normalized spacial score (nSPS) is 12.1. The molecule has 0 atom stereocenters. The van der Waals surface area contributed by atoms with Gasteiger partial charge in [0.05, 0.1) is 10.7 Å². The molecule has 0 aliphatic rings. The molecule has 0 radical (unpaired) electrons. The second kappa shape index (κ2) is 6.41. The first-order valence-corrected chi connectivity index (χ1v) is 6.71. The molecule has 0 amide bonds. The summed E-state index contributed by atoms with van der Waals surface area (Å²) in [4.78, 5) is 0. The van der Waals surface area contributed by atoms with Crippen LogP contribution in [0, 0.1) is 6.92 Å². The molecule has 1 N–H and O–H groups in total. The number of nitrogens with zero attached hydrogens (tertiary/aromatic N) is 2. The van der Waals surface area contributed by atoms with Gasteiger partial charge in [0.15, 0.2) is 0 Å². The molecule has 0 aliphatic heterocycles. The monoisotopic (exact) mass is 257 g/mol.